The van der Waals surface area contributed by atoms with E-state index in [1.807, 2.05) is 43.5 Å². The highest BCUT2D eigenvalue weighted by Gasteiger charge is 2.08. The van der Waals surface area contributed by atoms with Crippen molar-refractivity contribution in [3.05, 3.63) is 69.3 Å². The van der Waals surface area contributed by atoms with Crippen LogP contribution in [0.5, 0.6) is 5.75 Å². The summed E-state index contributed by atoms with van der Waals surface area (Å²) < 4.78 is 6.84. The predicted octanol–water partition coefficient (Wildman–Crippen LogP) is 2.78. The smallest absolute Gasteiger partial charge is 0.267 e. The Morgan fingerprint density at radius 1 is 1.19 bits per heavy atom. The van der Waals surface area contributed by atoms with Gasteiger partial charge in [0.25, 0.3) is 5.56 Å². The quantitative estimate of drug-likeness (QED) is 0.637. The largest absolute Gasteiger partial charge is 0.492 e. The molecule has 0 bridgehead atoms. The minimum Gasteiger partial charge on any atom is -0.492 e. The normalized spacial score (nSPS) is 10.6. The van der Waals surface area contributed by atoms with Crippen molar-refractivity contribution >= 4 is 17.2 Å². The van der Waals surface area contributed by atoms with Crippen molar-refractivity contribution in [2.45, 2.75) is 20.4 Å². The number of thiophene rings is 1. The van der Waals surface area contributed by atoms with Crippen LogP contribution in [-0.4, -0.2) is 28.8 Å². The van der Waals surface area contributed by atoms with E-state index in [-0.39, 0.29) is 18.0 Å². The number of ether oxygens (including phenoxy) is 1. The monoisotopic (exact) mass is 383 g/mol. The maximum absolute atomic E-state index is 12.1. The molecule has 0 saturated heterocycles. The van der Waals surface area contributed by atoms with Gasteiger partial charge in [0.1, 0.15) is 24.6 Å². The fourth-order valence-electron chi connectivity index (χ4n) is 2.69. The van der Waals surface area contributed by atoms with Crippen molar-refractivity contribution in [1.29, 1.82) is 0 Å². The van der Waals surface area contributed by atoms with Gasteiger partial charge in [0.2, 0.25) is 5.91 Å². The van der Waals surface area contributed by atoms with Crippen molar-refractivity contribution in [2.75, 3.05) is 13.2 Å². The molecule has 27 heavy (non-hydrogen) atoms. The third-order valence-corrected chi connectivity index (χ3v) is 4.71. The number of nitrogens with one attached hydrogen (secondary N) is 1. The summed E-state index contributed by atoms with van der Waals surface area (Å²) in [5, 5.41) is 8.96. The first-order valence-corrected chi connectivity index (χ1v) is 9.49. The van der Waals surface area contributed by atoms with E-state index in [9.17, 15) is 9.59 Å². The van der Waals surface area contributed by atoms with Gasteiger partial charge in [0.15, 0.2) is 0 Å². The number of nitrogens with zero attached hydrogens (tertiary/aromatic N) is 2. The van der Waals surface area contributed by atoms with Crippen LogP contribution in [0.15, 0.2) is 52.6 Å². The summed E-state index contributed by atoms with van der Waals surface area (Å²) in [7, 11) is 0. The van der Waals surface area contributed by atoms with E-state index in [0.29, 0.717) is 18.8 Å². The second kappa shape index (κ2) is 8.64. The van der Waals surface area contributed by atoms with Crippen LogP contribution in [0, 0.1) is 13.8 Å². The predicted molar refractivity (Wildman–Crippen MR) is 106 cm³/mol. The number of hydrogen-bond donors (Lipinski definition) is 1. The summed E-state index contributed by atoms with van der Waals surface area (Å²) >= 11 is 1.53. The van der Waals surface area contributed by atoms with Crippen LogP contribution in [-0.2, 0) is 11.3 Å². The van der Waals surface area contributed by atoms with Crippen molar-refractivity contribution < 1.29 is 9.53 Å². The van der Waals surface area contributed by atoms with Gasteiger partial charge in [-0.3, -0.25) is 9.59 Å². The van der Waals surface area contributed by atoms with E-state index in [1.165, 1.54) is 22.1 Å². The van der Waals surface area contributed by atoms with E-state index < -0.39 is 0 Å². The minimum atomic E-state index is -0.308. The lowest BCUT2D eigenvalue weighted by molar-refractivity contribution is -0.122. The van der Waals surface area contributed by atoms with Crippen molar-refractivity contribution in [3.63, 3.8) is 0 Å². The third-order valence-electron chi connectivity index (χ3n) is 3.82. The highest BCUT2D eigenvalue weighted by Crippen LogP contribution is 2.21. The molecule has 0 radical (unpaired) electrons. The van der Waals surface area contributed by atoms with Crippen LogP contribution in [0.3, 0.4) is 0 Å². The third kappa shape index (κ3) is 5.27. The number of carbonyl (C=O) groups is 1. The van der Waals surface area contributed by atoms with Crippen LogP contribution < -0.4 is 15.6 Å². The van der Waals surface area contributed by atoms with Gasteiger partial charge in [-0.15, -0.1) is 11.3 Å². The molecule has 0 aliphatic carbocycles. The molecule has 2 heterocycles. The van der Waals surface area contributed by atoms with E-state index in [2.05, 4.69) is 16.5 Å². The molecule has 0 fully saturated rings. The molecule has 1 aromatic carbocycles. The molecule has 0 spiro atoms. The van der Waals surface area contributed by atoms with Gasteiger partial charge < -0.3 is 10.1 Å². The van der Waals surface area contributed by atoms with E-state index in [4.69, 9.17) is 4.74 Å². The summed E-state index contributed by atoms with van der Waals surface area (Å²) in [5.41, 5.74) is 2.63. The van der Waals surface area contributed by atoms with Crippen molar-refractivity contribution in [3.8, 4) is 16.3 Å². The lowest BCUT2D eigenvalue weighted by atomic mass is 10.1. The van der Waals surface area contributed by atoms with Gasteiger partial charge in [-0.25, -0.2) is 4.68 Å². The van der Waals surface area contributed by atoms with Crippen LogP contribution >= 0.6 is 11.3 Å². The highest BCUT2D eigenvalue weighted by atomic mass is 32.1. The Labute approximate surface area is 161 Å². The average Bonchev–Trinajstić information content (AvgIpc) is 3.14. The van der Waals surface area contributed by atoms with Crippen molar-refractivity contribution in [2.24, 2.45) is 0 Å². The molecule has 7 heteroatoms. The average molecular weight is 383 g/mol. The Hall–Kier alpha value is -2.93. The fraction of sp³-hybridized carbons (Fsp3) is 0.250. The van der Waals surface area contributed by atoms with Crippen LogP contribution in [0.25, 0.3) is 10.6 Å². The standard InChI is InChI=1S/C20H21N3O3S/c1-14-10-15(2)12-16(11-14)26-8-7-21-19(24)13-23-20(25)6-5-17(22-23)18-4-3-9-27-18/h3-6,9-12H,7-8,13H2,1-2H3,(H,21,24). The van der Waals surface area contributed by atoms with Gasteiger partial charge >= 0.3 is 0 Å². The highest BCUT2D eigenvalue weighted by molar-refractivity contribution is 7.13. The summed E-state index contributed by atoms with van der Waals surface area (Å²) in [4.78, 5) is 25.0. The van der Waals surface area contributed by atoms with E-state index in [0.717, 1.165) is 21.8 Å². The Morgan fingerprint density at radius 2 is 1.96 bits per heavy atom. The zero-order valence-electron chi connectivity index (χ0n) is 15.3. The Morgan fingerprint density at radius 3 is 2.67 bits per heavy atom. The van der Waals surface area contributed by atoms with Crippen LogP contribution in [0.2, 0.25) is 0 Å². The molecule has 6 nitrogen and oxygen atoms in total. The van der Waals surface area contributed by atoms with Crippen molar-refractivity contribution in [1.82, 2.24) is 15.1 Å². The minimum absolute atomic E-state index is 0.123. The van der Waals surface area contributed by atoms with Crippen LogP contribution in [0.4, 0.5) is 0 Å². The molecule has 3 aromatic rings. The lowest BCUT2D eigenvalue weighted by Gasteiger charge is -2.10. The first kappa shape index (κ1) is 18.8. The fourth-order valence-corrected chi connectivity index (χ4v) is 3.38. The first-order chi connectivity index (χ1) is 13.0. The van der Waals surface area contributed by atoms with Gasteiger partial charge in [-0.05, 0) is 54.6 Å². The van der Waals surface area contributed by atoms with Crippen LogP contribution in [0.1, 0.15) is 11.1 Å². The topological polar surface area (TPSA) is 73.2 Å². The first-order valence-electron chi connectivity index (χ1n) is 8.61. The Bertz CT molecular complexity index is 960. The number of rotatable bonds is 7. The summed E-state index contributed by atoms with van der Waals surface area (Å²) in [6.45, 7) is 4.60. The molecular formula is C20H21N3O3S. The second-order valence-corrected chi connectivity index (χ2v) is 7.16. The number of carbonyl (C=O) groups excluding carboxylic acids is 1. The molecule has 1 N–H and O–H groups in total. The molecule has 0 aliphatic heterocycles. The molecule has 2 aromatic heterocycles. The molecule has 0 saturated carbocycles. The zero-order chi connectivity index (χ0) is 19.2. The summed E-state index contributed by atoms with van der Waals surface area (Å²) in [6, 6.07) is 12.9. The van der Waals surface area contributed by atoms with Gasteiger partial charge in [0.05, 0.1) is 11.4 Å². The molecule has 1 amide bonds. The number of aryl methyl sites for hydroxylation is 2. The maximum atomic E-state index is 12.1. The maximum Gasteiger partial charge on any atom is 0.267 e. The molecular weight excluding hydrogens is 362 g/mol. The molecule has 140 valence electrons. The molecule has 0 unspecified atom stereocenters. The number of aromatic nitrogens is 2. The molecule has 0 atom stereocenters. The zero-order valence-corrected chi connectivity index (χ0v) is 16.1. The van der Waals surface area contributed by atoms with E-state index >= 15 is 0 Å². The van der Waals surface area contributed by atoms with Gasteiger partial charge in [-0.2, -0.15) is 5.10 Å². The Kier molecular flexibility index (Phi) is 6.03. The second-order valence-electron chi connectivity index (χ2n) is 6.21. The molecule has 0 aliphatic rings. The number of amides is 1. The molecule has 3 rings (SSSR count). The summed E-state index contributed by atoms with van der Waals surface area (Å²) in [5.74, 6) is 0.500. The lowest BCUT2D eigenvalue weighted by Crippen LogP contribution is -2.35. The van der Waals surface area contributed by atoms with Gasteiger partial charge in [-0.1, -0.05) is 12.1 Å². The Balaban J connectivity index is 1.52. The summed E-state index contributed by atoms with van der Waals surface area (Å²) in [6.07, 6.45) is 0. The number of hydrogen-bond acceptors (Lipinski definition) is 5. The number of benzene rings is 1. The van der Waals surface area contributed by atoms with E-state index in [1.54, 1.807) is 6.07 Å². The van der Waals surface area contributed by atoms with Gasteiger partial charge in [0, 0.05) is 6.07 Å². The SMILES string of the molecule is Cc1cc(C)cc(OCCNC(=O)Cn2nc(-c3cccs3)ccc2=O)c1.